The van der Waals surface area contributed by atoms with E-state index in [-0.39, 0.29) is 6.04 Å². The predicted molar refractivity (Wildman–Crippen MR) is 72.1 cm³/mol. The molecule has 0 saturated carbocycles. The number of nitrogens with two attached hydrogens (primary N) is 1. The van der Waals surface area contributed by atoms with Crippen molar-refractivity contribution < 1.29 is 0 Å². The molecule has 6 heteroatoms. The van der Waals surface area contributed by atoms with E-state index in [0.717, 1.165) is 31.2 Å². The topological polar surface area (TPSA) is 70.3 Å². The van der Waals surface area contributed by atoms with Crippen LogP contribution in [0.3, 0.4) is 0 Å². The Kier molecular flexibility index (Phi) is 4.11. The van der Waals surface area contributed by atoms with Crippen LogP contribution in [0.5, 0.6) is 0 Å². The van der Waals surface area contributed by atoms with Gasteiger partial charge in [-0.3, -0.25) is 4.90 Å². The molecule has 2 heterocycles. The van der Waals surface area contributed by atoms with Crippen molar-refractivity contribution in [2.45, 2.75) is 19.4 Å². The molecule has 1 atom stereocenters. The van der Waals surface area contributed by atoms with Crippen LogP contribution >= 0.6 is 0 Å². The number of rotatable bonds is 2. The molecule has 18 heavy (non-hydrogen) atoms. The zero-order valence-electron chi connectivity index (χ0n) is 11.3. The van der Waals surface area contributed by atoms with Gasteiger partial charge in [-0.2, -0.15) is 0 Å². The monoisotopic (exact) mass is 250 g/mol. The van der Waals surface area contributed by atoms with Gasteiger partial charge < -0.3 is 10.3 Å². The van der Waals surface area contributed by atoms with Crippen molar-refractivity contribution >= 4 is 5.82 Å². The molecule has 1 fully saturated rings. The van der Waals surface area contributed by atoms with Gasteiger partial charge in [0.05, 0.1) is 6.04 Å². The SMILES string of the molecule is Cc1cc(NN)nc(C2CN(C)CCCN2C)n1. The maximum absolute atomic E-state index is 5.45. The molecule has 0 amide bonds. The summed E-state index contributed by atoms with van der Waals surface area (Å²) in [7, 11) is 4.27. The van der Waals surface area contributed by atoms with Gasteiger partial charge in [-0.1, -0.05) is 0 Å². The molecular formula is C12H22N6. The lowest BCUT2D eigenvalue weighted by atomic mass is 10.2. The molecule has 0 bridgehead atoms. The highest BCUT2D eigenvalue weighted by atomic mass is 15.3. The zero-order valence-corrected chi connectivity index (χ0v) is 11.3. The number of aromatic nitrogens is 2. The first-order valence-corrected chi connectivity index (χ1v) is 6.31. The quantitative estimate of drug-likeness (QED) is 0.584. The van der Waals surface area contributed by atoms with E-state index < -0.39 is 0 Å². The third-order valence-corrected chi connectivity index (χ3v) is 3.38. The normalized spacial score (nSPS) is 22.8. The Bertz CT molecular complexity index is 408. The molecule has 1 aromatic heterocycles. The van der Waals surface area contributed by atoms with E-state index in [0.29, 0.717) is 5.82 Å². The molecule has 0 radical (unpaired) electrons. The van der Waals surface area contributed by atoms with E-state index in [4.69, 9.17) is 5.84 Å². The number of hydrogen-bond donors (Lipinski definition) is 2. The van der Waals surface area contributed by atoms with Gasteiger partial charge in [-0.25, -0.2) is 15.8 Å². The minimum absolute atomic E-state index is 0.226. The van der Waals surface area contributed by atoms with Crippen LogP contribution in [-0.4, -0.2) is 53.5 Å². The highest BCUT2D eigenvalue weighted by Gasteiger charge is 2.24. The van der Waals surface area contributed by atoms with Gasteiger partial charge in [0.1, 0.15) is 11.6 Å². The summed E-state index contributed by atoms with van der Waals surface area (Å²) in [6.45, 7) is 5.10. The minimum Gasteiger partial charge on any atom is -0.308 e. The molecule has 1 unspecified atom stereocenters. The molecule has 1 aromatic rings. The number of hydrogen-bond acceptors (Lipinski definition) is 6. The average molecular weight is 250 g/mol. The van der Waals surface area contributed by atoms with Gasteiger partial charge in [0.15, 0.2) is 0 Å². The van der Waals surface area contributed by atoms with Gasteiger partial charge in [-0.05, 0) is 40.5 Å². The maximum atomic E-state index is 5.45. The summed E-state index contributed by atoms with van der Waals surface area (Å²) >= 11 is 0. The zero-order chi connectivity index (χ0) is 13.1. The Morgan fingerprint density at radius 2 is 2.11 bits per heavy atom. The number of likely N-dealkylation sites (N-methyl/N-ethyl adjacent to an activating group) is 2. The summed E-state index contributed by atoms with van der Waals surface area (Å²) in [5.74, 6) is 6.97. The second-order valence-corrected chi connectivity index (χ2v) is 5.01. The number of nitrogens with zero attached hydrogens (tertiary/aromatic N) is 4. The van der Waals surface area contributed by atoms with Crippen molar-refractivity contribution in [2.24, 2.45) is 5.84 Å². The van der Waals surface area contributed by atoms with Crippen LogP contribution in [0.2, 0.25) is 0 Å². The average Bonchev–Trinajstić information content (AvgIpc) is 2.50. The van der Waals surface area contributed by atoms with Crippen LogP contribution in [0, 0.1) is 6.92 Å². The fourth-order valence-corrected chi connectivity index (χ4v) is 2.36. The van der Waals surface area contributed by atoms with E-state index in [1.807, 2.05) is 13.0 Å². The van der Waals surface area contributed by atoms with E-state index in [9.17, 15) is 0 Å². The summed E-state index contributed by atoms with van der Waals surface area (Å²) in [6, 6.07) is 2.08. The van der Waals surface area contributed by atoms with Crippen LogP contribution in [0.1, 0.15) is 24.0 Å². The van der Waals surface area contributed by atoms with Crippen molar-refractivity contribution in [1.29, 1.82) is 0 Å². The molecule has 100 valence electrons. The van der Waals surface area contributed by atoms with Crippen LogP contribution < -0.4 is 11.3 Å². The first kappa shape index (κ1) is 13.2. The predicted octanol–water partition coefficient (Wildman–Crippen LogP) is 0.379. The molecule has 1 aliphatic rings. The Labute approximate surface area is 108 Å². The van der Waals surface area contributed by atoms with Crippen molar-refractivity contribution in [2.75, 3.05) is 39.2 Å². The Hall–Kier alpha value is -1.24. The highest BCUT2D eigenvalue weighted by Crippen LogP contribution is 2.21. The van der Waals surface area contributed by atoms with Crippen LogP contribution in [0.4, 0.5) is 5.82 Å². The minimum atomic E-state index is 0.226. The molecule has 6 nitrogen and oxygen atoms in total. The van der Waals surface area contributed by atoms with Gasteiger partial charge in [0.2, 0.25) is 0 Å². The van der Waals surface area contributed by atoms with Crippen LogP contribution in [0.15, 0.2) is 6.07 Å². The molecule has 1 aliphatic heterocycles. The van der Waals surface area contributed by atoms with Crippen molar-refractivity contribution in [3.05, 3.63) is 17.6 Å². The van der Waals surface area contributed by atoms with Gasteiger partial charge in [0.25, 0.3) is 0 Å². The van der Waals surface area contributed by atoms with Crippen molar-refractivity contribution in [1.82, 2.24) is 19.8 Å². The largest absolute Gasteiger partial charge is 0.308 e. The Morgan fingerprint density at radius 3 is 2.83 bits per heavy atom. The van der Waals surface area contributed by atoms with E-state index >= 15 is 0 Å². The van der Waals surface area contributed by atoms with Crippen LogP contribution in [-0.2, 0) is 0 Å². The molecule has 0 aromatic carbocycles. The molecular weight excluding hydrogens is 228 g/mol. The highest BCUT2D eigenvalue weighted by molar-refractivity contribution is 5.34. The first-order chi connectivity index (χ1) is 8.60. The standard InChI is InChI=1S/C12H22N6/c1-9-7-11(16-13)15-12(14-9)10-8-17(2)5-4-6-18(10)3/h7,10H,4-6,8,13H2,1-3H3,(H,14,15,16). The Balaban J connectivity index is 2.29. The van der Waals surface area contributed by atoms with Crippen molar-refractivity contribution in [3.63, 3.8) is 0 Å². The summed E-state index contributed by atoms with van der Waals surface area (Å²) in [5, 5.41) is 0. The Morgan fingerprint density at radius 1 is 1.33 bits per heavy atom. The number of aryl methyl sites for hydroxylation is 1. The number of nitrogens with one attached hydrogen (secondary N) is 1. The lowest BCUT2D eigenvalue weighted by Gasteiger charge is -2.26. The third kappa shape index (κ3) is 2.95. The second kappa shape index (κ2) is 5.60. The summed E-state index contributed by atoms with van der Waals surface area (Å²) in [4.78, 5) is 13.7. The fourth-order valence-electron chi connectivity index (χ4n) is 2.36. The number of hydrazine groups is 1. The fraction of sp³-hybridized carbons (Fsp3) is 0.667. The molecule has 2 rings (SSSR count). The smallest absolute Gasteiger partial charge is 0.149 e. The molecule has 3 N–H and O–H groups in total. The lowest BCUT2D eigenvalue weighted by Crippen LogP contribution is -2.32. The lowest BCUT2D eigenvalue weighted by molar-refractivity contribution is 0.219. The van der Waals surface area contributed by atoms with E-state index in [2.05, 4.69) is 39.3 Å². The number of nitrogen functional groups attached to an aromatic ring is 1. The molecule has 1 saturated heterocycles. The van der Waals surface area contributed by atoms with Gasteiger partial charge in [0, 0.05) is 18.3 Å². The van der Waals surface area contributed by atoms with E-state index in [1.165, 1.54) is 6.42 Å². The summed E-state index contributed by atoms with van der Waals surface area (Å²) in [5.41, 5.74) is 3.54. The van der Waals surface area contributed by atoms with Gasteiger partial charge in [-0.15, -0.1) is 0 Å². The summed E-state index contributed by atoms with van der Waals surface area (Å²) in [6.07, 6.45) is 1.18. The van der Waals surface area contributed by atoms with Crippen LogP contribution in [0.25, 0.3) is 0 Å². The third-order valence-electron chi connectivity index (χ3n) is 3.38. The molecule has 0 aliphatic carbocycles. The summed E-state index contributed by atoms with van der Waals surface area (Å²) < 4.78 is 0. The van der Waals surface area contributed by atoms with Crippen molar-refractivity contribution in [3.8, 4) is 0 Å². The second-order valence-electron chi connectivity index (χ2n) is 5.01. The number of anilines is 1. The van der Waals surface area contributed by atoms with Gasteiger partial charge >= 0.3 is 0 Å². The molecule has 0 spiro atoms. The first-order valence-electron chi connectivity index (χ1n) is 6.31. The maximum Gasteiger partial charge on any atom is 0.149 e. The van der Waals surface area contributed by atoms with E-state index in [1.54, 1.807) is 0 Å².